The summed E-state index contributed by atoms with van der Waals surface area (Å²) >= 11 is 0. The number of halogens is 1. The zero-order valence-corrected chi connectivity index (χ0v) is 28.1. The fourth-order valence-corrected chi connectivity index (χ4v) is 6.90. The van der Waals surface area contributed by atoms with Crippen LogP contribution in [0.25, 0.3) is 11.1 Å². The molecule has 2 unspecified atom stereocenters. The summed E-state index contributed by atoms with van der Waals surface area (Å²) in [6, 6.07) is 33.4. The van der Waals surface area contributed by atoms with Crippen LogP contribution in [0.15, 0.2) is 103 Å². The van der Waals surface area contributed by atoms with Crippen molar-refractivity contribution in [2.75, 3.05) is 26.2 Å². The van der Waals surface area contributed by atoms with Gasteiger partial charge in [0.25, 0.3) is 5.91 Å². The van der Waals surface area contributed by atoms with Gasteiger partial charge in [-0.25, -0.2) is 4.39 Å². The molecule has 1 fully saturated rings. The van der Waals surface area contributed by atoms with Crippen molar-refractivity contribution in [2.45, 2.75) is 42.5 Å². The lowest BCUT2D eigenvalue weighted by atomic mass is 9.73. The molecule has 2 atom stereocenters. The summed E-state index contributed by atoms with van der Waals surface area (Å²) in [7, 11) is 4.26. The smallest absolute Gasteiger partial charge is 0.251 e. The first-order valence-electron chi connectivity index (χ1n) is 15.8. The van der Waals surface area contributed by atoms with Crippen molar-refractivity contribution in [3.8, 4) is 16.9 Å². The summed E-state index contributed by atoms with van der Waals surface area (Å²) < 4.78 is 20.3. The van der Waals surface area contributed by atoms with Gasteiger partial charge in [-0.1, -0.05) is 110 Å². The predicted molar refractivity (Wildman–Crippen MR) is 188 cm³/mol. The number of carbonyl (C=O) groups excluding carboxylic acids is 2. The van der Waals surface area contributed by atoms with Crippen LogP contribution >= 0.6 is 18.5 Å². The van der Waals surface area contributed by atoms with Gasteiger partial charge in [0.05, 0.1) is 12.6 Å². The Balaban J connectivity index is 1.04. The van der Waals surface area contributed by atoms with Gasteiger partial charge in [-0.2, -0.15) is 0 Å². The third-order valence-electron chi connectivity index (χ3n) is 8.94. The van der Waals surface area contributed by atoms with Crippen LogP contribution in [0.2, 0.25) is 0 Å². The van der Waals surface area contributed by atoms with Crippen LogP contribution in [-0.2, 0) is 16.8 Å². The number of ether oxygens (including phenoxy) is 1. The summed E-state index contributed by atoms with van der Waals surface area (Å²) in [6.07, 6.45) is 2.34. The van der Waals surface area contributed by atoms with E-state index in [4.69, 9.17) is 4.74 Å². The number of unbranched alkanes of at least 4 members (excludes halogenated alkanes) is 1. The molecule has 0 saturated carbocycles. The fraction of sp³-hybridized carbons (Fsp3) is 0.297. The molecule has 0 radical (unpaired) electrons. The van der Waals surface area contributed by atoms with E-state index in [0.717, 1.165) is 66.0 Å². The number of alkyl halides is 1. The first-order chi connectivity index (χ1) is 22.2. The Morgan fingerprint density at radius 3 is 2.13 bits per heavy atom. The van der Waals surface area contributed by atoms with Crippen molar-refractivity contribution in [1.29, 1.82) is 0 Å². The van der Waals surface area contributed by atoms with Gasteiger partial charge in [0, 0.05) is 24.2 Å². The van der Waals surface area contributed by atoms with E-state index < -0.39 is 10.6 Å². The molecule has 6 nitrogen and oxygen atoms in total. The monoisotopic (exact) mass is 655 g/mol. The largest absolute Gasteiger partial charge is 0.489 e. The van der Waals surface area contributed by atoms with Gasteiger partial charge in [0.1, 0.15) is 17.8 Å². The van der Waals surface area contributed by atoms with Crippen LogP contribution in [0.1, 0.15) is 46.3 Å². The number of hydrogen-bond donors (Lipinski definition) is 2. The summed E-state index contributed by atoms with van der Waals surface area (Å²) in [6.45, 7) is 2.65. The van der Waals surface area contributed by atoms with Crippen LogP contribution in [0.3, 0.4) is 0 Å². The number of benzene rings is 4. The minimum Gasteiger partial charge on any atom is -0.489 e. The SMILES string of the molecule is O=C(NC1CN(CCCCC2(C(=O)NCC(F)(P)P)c3ccccc3-c3ccccc32)C1)c1ccccc1COc1ccccc1. The van der Waals surface area contributed by atoms with Crippen molar-refractivity contribution in [2.24, 2.45) is 0 Å². The van der Waals surface area contributed by atoms with E-state index in [1.54, 1.807) is 0 Å². The molecule has 0 spiro atoms. The zero-order chi connectivity index (χ0) is 32.1. The number of carbonyl (C=O) groups is 2. The van der Waals surface area contributed by atoms with Crippen LogP contribution in [0, 0.1) is 0 Å². The number of nitrogens with one attached hydrogen (secondary N) is 2. The average Bonchev–Trinajstić information content (AvgIpc) is 3.34. The lowest BCUT2D eigenvalue weighted by Gasteiger charge is -2.40. The molecule has 6 rings (SSSR count). The fourth-order valence-electron chi connectivity index (χ4n) is 6.70. The minimum absolute atomic E-state index is 0.0844. The van der Waals surface area contributed by atoms with Gasteiger partial charge < -0.3 is 15.4 Å². The molecule has 4 aromatic rings. The van der Waals surface area contributed by atoms with Gasteiger partial charge in [0.2, 0.25) is 5.91 Å². The van der Waals surface area contributed by atoms with E-state index in [2.05, 4.69) is 46.1 Å². The second kappa shape index (κ2) is 14.0. The van der Waals surface area contributed by atoms with E-state index >= 15 is 0 Å². The molecule has 0 bridgehead atoms. The van der Waals surface area contributed by atoms with E-state index in [9.17, 15) is 14.0 Å². The Labute approximate surface area is 274 Å². The molecule has 46 heavy (non-hydrogen) atoms. The van der Waals surface area contributed by atoms with Gasteiger partial charge in [-0.3, -0.25) is 14.5 Å². The molecule has 1 aliphatic heterocycles. The zero-order valence-electron chi connectivity index (χ0n) is 25.8. The van der Waals surface area contributed by atoms with Crippen LogP contribution in [0.5, 0.6) is 5.75 Å². The lowest BCUT2D eigenvalue weighted by molar-refractivity contribution is -0.125. The third-order valence-corrected chi connectivity index (χ3v) is 9.35. The van der Waals surface area contributed by atoms with Crippen LogP contribution < -0.4 is 15.4 Å². The Morgan fingerprint density at radius 2 is 1.46 bits per heavy atom. The summed E-state index contributed by atoms with van der Waals surface area (Å²) in [5.74, 6) is 0.511. The van der Waals surface area contributed by atoms with Crippen molar-refractivity contribution in [3.05, 3.63) is 125 Å². The topological polar surface area (TPSA) is 70.7 Å². The quantitative estimate of drug-likeness (QED) is 0.131. The average molecular weight is 656 g/mol. The Bertz CT molecular complexity index is 1640. The lowest BCUT2D eigenvalue weighted by Crippen LogP contribution is -2.59. The summed E-state index contributed by atoms with van der Waals surface area (Å²) in [5.41, 5.74) is 4.68. The van der Waals surface area contributed by atoms with Crippen LogP contribution in [0.4, 0.5) is 4.39 Å². The summed E-state index contributed by atoms with van der Waals surface area (Å²) in [5, 5.41) is 4.41. The second-order valence-electron chi connectivity index (χ2n) is 12.3. The van der Waals surface area contributed by atoms with E-state index in [1.807, 2.05) is 91.0 Å². The van der Waals surface area contributed by atoms with Crippen molar-refractivity contribution in [1.82, 2.24) is 15.5 Å². The number of rotatable bonds is 13. The minimum atomic E-state index is -1.67. The van der Waals surface area contributed by atoms with Crippen molar-refractivity contribution in [3.63, 3.8) is 0 Å². The normalized spacial score (nSPS) is 15.4. The maximum absolute atomic E-state index is 14.4. The first-order valence-corrected chi connectivity index (χ1v) is 16.9. The molecular weight excluding hydrogens is 615 g/mol. The predicted octanol–water partition coefficient (Wildman–Crippen LogP) is 6.31. The maximum Gasteiger partial charge on any atom is 0.251 e. The second-order valence-corrected chi connectivity index (χ2v) is 14.8. The molecule has 0 aromatic heterocycles. The highest BCUT2D eigenvalue weighted by Gasteiger charge is 2.48. The molecule has 1 saturated heterocycles. The highest BCUT2D eigenvalue weighted by Crippen LogP contribution is 2.51. The van der Waals surface area contributed by atoms with Crippen molar-refractivity contribution >= 4 is 30.3 Å². The molecule has 9 heteroatoms. The molecule has 2 N–H and O–H groups in total. The highest BCUT2D eigenvalue weighted by molar-refractivity contribution is 7.39. The molecule has 1 heterocycles. The number of fused-ring (bicyclic) bond motifs is 3. The standard InChI is InChI=1S/C37H40FN3O3P2/c38-37(45,46)25-39-35(43)36(32-18-8-6-16-30(32)31-17-7-9-19-33(31)36)20-10-11-21-41-22-27(23-41)40-34(42)29-15-5-4-12-26(29)24-44-28-13-2-1-3-14-28/h1-9,12-19,27H,10-11,20-25,45-46H2,(H,39,43)(H,40,42). The third kappa shape index (κ3) is 7.03. The number of amides is 2. The number of para-hydroxylation sites is 1. The van der Waals surface area contributed by atoms with Gasteiger partial charge in [0.15, 0.2) is 5.15 Å². The molecular formula is C37H40FN3O3P2. The number of nitrogens with zero attached hydrogens (tertiary/aromatic N) is 1. The van der Waals surface area contributed by atoms with Gasteiger partial charge in [-0.05, 0) is 59.8 Å². The van der Waals surface area contributed by atoms with Gasteiger partial charge >= 0.3 is 0 Å². The molecule has 4 aromatic carbocycles. The molecule has 238 valence electrons. The Kier molecular flexibility index (Phi) is 9.84. The highest BCUT2D eigenvalue weighted by atomic mass is 31.1. The number of likely N-dealkylation sites (tertiary alicyclic amines) is 1. The molecule has 1 aliphatic carbocycles. The maximum atomic E-state index is 14.4. The van der Waals surface area contributed by atoms with Gasteiger partial charge in [-0.15, -0.1) is 0 Å². The first kappa shape index (κ1) is 32.3. The molecule has 2 amide bonds. The number of hydrogen-bond acceptors (Lipinski definition) is 4. The van der Waals surface area contributed by atoms with E-state index in [0.29, 0.717) is 18.6 Å². The van der Waals surface area contributed by atoms with E-state index in [-0.39, 0.29) is 24.4 Å². The Morgan fingerprint density at radius 1 is 0.848 bits per heavy atom. The summed E-state index contributed by atoms with van der Waals surface area (Å²) in [4.78, 5) is 29.5. The molecule has 2 aliphatic rings. The van der Waals surface area contributed by atoms with E-state index in [1.165, 1.54) is 0 Å². The van der Waals surface area contributed by atoms with Crippen molar-refractivity contribution < 1.29 is 18.7 Å². The Hall–Kier alpha value is -3.63. The van der Waals surface area contributed by atoms with Crippen LogP contribution in [-0.4, -0.2) is 54.1 Å².